The van der Waals surface area contributed by atoms with Crippen LogP contribution in [0.25, 0.3) is 6.08 Å². The van der Waals surface area contributed by atoms with E-state index in [0.717, 1.165) is 24.1 Å². The molecule has 0 unspecified atom stereocenters. The van der Waals surface area contributed by atoms with Crippen molar-refractivity contribution in [3.63, 3.8) is 0 Å². The van der Waals surface area contributed by atoms with Gasteiger partial charge in [-0.2, -0.15) is 5.10 Å². The van der Waals surface area contributed by atoms with Crippen LogP contribution in [0, 0.1) is 0 Å². The normalized spacial score (nSPS) is 20.9. The van der Waals surface area contributed by atoms with Crippen molar-refractivity contribution in [2.75, 3.05) is 0 Å². The van der Waals surface area contributed by atoms with Crippen LogP contribution >= 0.6 is 0 Å². The third-order valence-electron chi connectivity index (χ3n) is 8.46. The molecule has 6 rings (SSSR count). The van der Waals surface area contributed by atoms with Gasteiger partial charge in [0.2, 0.25) is 0 Å². The molecule has 2 aliphatic carbocycles. The number of fused-ring (bicyclic) bond motifs is 1. The molecular weight excluding hydrogens is 496 g/mol. The highest BCUT2D eigenvalue weighted by atomic mass is 16.1. The Bertz CT molecular complexity index is 1520. The van der Waals surface area contributed by atoms with Crippen molar-refractivity contribution in [1.82, 2.24) is 20.0 Å². The third kappa shape index (κ3) is 5.63. The molecule has 2 atom stereocenters. The molecule has 204 valence electrons. The van der Waals surface area contributed by atoms with E-state index in [0.29, 0.717) is 35.5 Å². The van der Waals surface area contributed by atoms with Gasteiger partial charge >= 0.3 is 0 Å². The number of Topliss-reactive ketones (excluding diaryl/α,β-unsaturated/α-hetero) is 1. The maximum Gasteiger partial charge on any atom is 0.258 e. The quantitative estimate of drug-likeness (QED) is 0.415. The van der Waals surface area contributed by atoms with E-state index < -0.39 is 0 Å². The highest BCUT2D eigenvalue weighted by Crippen LogP contribution is 2.33. The average Bonchev–Trinajstić information content (AvgIpc) is 3.59. The van der Waals surface area contributed by atoms with E-state index in [-0.39, 0.29) is 18.1 Å². The fourth-order valence-corrected chi connectivity index (χ4v) is 6.16. The number of rotatable bonds is 7. The monoisotopic (exact) mass is 532 g/mol. The number of likely N-dealkylation sites (tertiary alicyclic amines) is 1. The van der Waals surface area contributed by atoms with Crippen molar-refractivity contribution < 1.29 is 9.59 Å². The van der Waals surface area contributed by atoms with Crippen LogP contribution in [-0.2, 0) is 24.3 Å². The van der Waals surface area contributed by atoms with Crippen LogP contribution in [-0.4, -0.2) is 38.5 Å². The van der Waals surface area contributed by atoms with E-state index in [1.165, 1.54) is 36.0 Å². The van der Waals surface area contributed by atoms with Crippen LogP contribution in [0.4, 0.5) is 0 Å². The summed E-state index contributed by atoms with van der Waals surface area (Å²) in [5, 5.41) is 7.32. The van der Waals surface area contributed by atoms with E-state index in [4.69, 9.17) is 0 Å². The molecule has 1 amide bonds. The Morgan fingerprint density at radius 3 is 2.60 bits per heavy atom. The number of hydrogen-bond donors (Lipinski definition) is 1. The number of nitrogens with one attached hydrogen (secondary N) is 1. The maximum absolute atomic E-state index is 13.0. The van der Waals surface area contributed by atoms with E-state index in [1.54, 1.807) is 23.2 Å². The van der Waals surface area contributed by atoms with Crippen LogP contribution < -0.4 is 5.32 Å². The summed E-state index contributed by atoms with van der Waals surface area (Å²) in [7, 11) is 0. The number of carbonyl (C=O) groups excluding carboxylic acids is 2. The largest absolute Gasteiger partial charge is 0.322 e. The van der Waals surface area contributed by atoms with Gasteiger partial charge in [0.05, 0.1) is 18.3 Å². The number of nitrogens with zero attached hydrogens (tertiary/aromatic N) is 3. The fraction of sp³-hybridized carbons (Fsp3) is 0.324. The smallest absolute Gasteiger partial charge is 0.258 e. The van der Waals surface area contributed by atoms with Crippen LogP contribution in [0.15, 0.2) is 89.9 Å². The highest BCUT2D eigenvalue weighted by molar-refractivity contribution is 6.04. The Kier molecular flexibility index (Phi) is 7.35. The van der Waals surface area contributed by atoms with Crippen molar-refractivity contribution in [2.45, 2.75) is 71.1 Å². The Morgan fingerprint density at radius 2 is 1.80 bits per heavy atom. The van der Waals surface area contributed by atoms with E-state index >= 15 is 0 Å². The predicted octanol–water partition coefficient (Wildman–Crippen LogP) is 5.85. The molecule has 0 spiro atoms. The Morgan fingerprint density at radius 1 is 1.00 bits per heavy atom. The first-order valence-electron chi connectivity index (χ1n) is 14.3. The predicted molar refractivity (Wildman–Crippen MR) is 157 cm³/mol. The van der Waals surface area contributed by atoms with Gasteiger partial charge in [0.1, 0.15) is 0 Å². The van der Waals surface area contributed by atoms with E-state index in [1.807, 2.05) is 36.4 Å². The fourth-order valence-electron chi connectivity index (χ4n) is 6.16. The van der Waals surface area contributed by atoms with Crippen molar-refractivity contribution >= 4 is 17.8 Å². The lowest BCUT2D eigenvalue weighted by atomic mass is 9.93. The van der Waals surface area contributed by atoms with E-state index in [9.17, 15) is 9.59 Å². The second kappa shape index (κ2) is 11.2. The first kappa shape index (κ1) is 26.2. The maximum atomic E-state index is 13.0. The van der Waals surface area contributed by atoms with Crippen LogP contribution in [0.5, 0.6) is 0 Å². The van der Waals surface area contributed by atoms with Gasteiger partial charge in [0, 0.05) is 42.5 Å². The third-order valence-corrected chi connectivity index (χ3v) is 8.46. The van der Waals surface area contributed by atoms with Crippen LogP contribution in [0.2, 0.25) is 0 Å². The molecule has 1 aromatic heterocycles. The Hall–Kier alpha value is -4.03. The summed E-state index contributed by atoms with van der Waals surface area (Å²) in [5.74, 6) is -0.145. The molecule has 1 saturated heterocycles. The molecule has 1 aliphatic heterocycles. The summed E-state index contributed by atoms with van der Waals surface area (Å²) in [6.45, 7) is 6.23. The highest BCUT2D eigenvalue weighted by Gasteiger charge is 2.26. The first-order chi connectivity index (χ1) is 19.4. The second-order valence-corrected chi connectivity index (χ2v) is 11.4. The molecule has 6 heteroatoms. The molecule has 40 heavy (non-hydrogen) atoms. The van der Waals surface area contributed by atoms with Crippen LogP contribution in [0.3, 0.4) is 0 Å². The number of ketones is 1. The zero-order valence-corrected chi connectivity index (χ0v) is 23.3. The molecular formula is C34H36N4O2. The summed E-state index contributed by atoms with van der Waals surface area (Å²) in [6.07, 6.45) is 14.0. The number of amides is 1. The zero-order valence-electron chi connectivity index (χ0n) is 23.3. The molecule has 1 N–H and O–H groups in total. The second-order valence-electron chi connectivity index (χ2n) is 11.4. The number of allylic oxidation sites excluding steroid dienone is 4. The van der Waals surface area contributed by atoms with Crippen LogP contribution in [0.1, 0.15) is 72.1 Å². The Balaban J connectivity index is 1.14. The SMILES string of the molecule is C[C@@H]1CCC[C@H](C)N1Cc1ccc2c(c1)C=C(C1=CC(NC(=O)c3cnn(Cc4ccccc4)c3)=CCC1=O)C2. The van der Waals surface area contributed by atoms with Gasteiger partial charge in [-0.25, -0.2) is 0 Å². The van der Waals surface area contributed by atoms with Crippen molar-refractivity contribution in [2.24, 2.45) is 0 Å². The molecule has 6 nitrogen and oxygen atoms in total. The molecule has 0 radical (unpaired) electrons. The summed E-state index contributed by atoms with van der Waals surface area (Å²) < 4.78 is 1.76. The molecule has 1 fully saturated rings. The topological polar surface area (TPSA) is 67.2 Å². The molecule has 3 aliphatic rings. The summed E-state index contributed by atoms with van der Waals surface area (Å²) >= 11 is 0. The lowest BCUT2D eigenvalue weighted by Crippen LogP contribution is -2.42. The van der Waals surface area contributed by atoms with Gasteiger partial charge in [-0.15, -0.1) is 0 Å². The molecule has 2 heterocycles. The number of benzene rings is 2. The number of hydrogen-bond acceptors (Lipinski definition) is 4. The minimum Gasteiger partial charge on any atom is -0.322 e. The van der Waals surface area contributed by atoms with Crippen molar-refractivity contribution in [3.05, 3.63) is 118 Å². The number of piperidine rings is 1. The summed E-state index contributed by atoms with van der Waals surface area (Å²) in [6, 6.07) is 18.0. The average molecular weight is 533 g/mol. The molecule has 0 saturated carbocycles. The van der Waals surface area contributed by atoms with Gasteiger partial charge in [-0.05, 0) is 67.0 Å². The molecule has 0 bridgehead atoms. The van der Waals surface area contributed by atoms with Gasteiger partial charge in [0.25, 0.3) is 5.91 Å². The minimum atomic E-state index is -0.231. The Labute approximate surface area is 236 Å². The molecule has 3 aromatic rings. The van der Waals surface area contributed by atoms with Crippen molar-refractivity contribution in [1.29, 1.82) is 0 Å². The van der Waals surface area contributed by atoms with Gasteiger partial charge in [-0.1, -0.05) is 67.1 Å². The molecule has 2 aromatic carbocycles. The number of aromatic nitrogens is 2. The standard InChI is InChI=1S/C34H36N4O2/c1-23-7-6-8-24(2)38(23)21-26-11-12-27-16-29(17-28(27)15-26)32-18-31(13-14-33(32)39)36-34(40)30-19-35-37(22-30)20-25-9-4-3-5-10-25/h3-5,9-13,15,17-19,22-24H,6-8,14,16,20-21H2,1-2H3,(H,36,40)/t23-,24+. The van der Waals surface area contributed by atoms with Crippen molar-refractivity contribution in [3.8, 4) is 0 Å². The lowest BCUT2D eigenvalue weighted by Gasteiger charge is -2.39. The van der Waals surface area contributed by atoms with Gasteiger partial charge < -0.3 is 5.32 Å². The minimum absolute atomic E-state index is 0.0870. The summed E-state index contributed by atoms with van der Waals surface area (Å²) in [5.41, 5.74) is 7.74. The van der Waals surface area contributed by atoms with Gasteiger partial charge in [-0.3, -0.25) is 19.2 Å². The van der Waals surface area contributed by atoms with Gasteiger partial charge in [0.15, 0.2) is 5.78 Å². The summed E-state index contributed by atoms with van der Waals surface area (Å²) in [4.78, 5) is 28.5. The lowest BCUT2D eigenvalue weighted by molar-refractivity contribution is -0.114. The number of carbonyl (C=O) groups is 2. The zero-order chi connectivity index (χ0) is 27.6. The van der Waals surface area contributed by atoms with E-state index in [2.05, 4.69) is 53.4 Å². The first-order valence-corrected chi connectivity index (χ1v) is 14.3.